The number of nitrogens with zero attached hydrogens (tertiary/aromatic N) is 2. The SMILES string of the molecule is Cn1ccnc1Sc1ccc(NC(=O)C2(c3ccc(Br)cc3)CCOCC2)cc1. The third-order valence-electron chi connectivity index (χ3n) is 5.28. The number of hydrogen-bond donors (Lipinski definition) is 1. The van der Waals surface area contributed by atoms with E-state index in [1.165, 1.54) is 0 Å². The predicted octanol–water partition coefficient (Wildman–Crippen LogP) is 5.02. The van der Waals surface area contributed by atoms with Gasteiger partial charge in [-0.1, -0.05) is 39.8 Å². The Morgan fingerprint density at radius 2 is 1.83 bits per heavy atom. The minimum Gasteiger partial charge on any atom is -0.381 e. The van der Waals surface area contributed by atoms with Crippen LogP contribution in [0.4, 0.5) is 5.69 Å². The number of carbonyl (C=O) groups excluding carboxylic acids is 1. The number of carbonyl (C=O) groups is 1. The number of halogens is 1. The first kappa shape index (κ1) is 20.2. The molecule has 0 saturated carbocycles. The Hall–Kier alpha value is -2.09. The normalized spacial score (nSPS) is 15.8. The molecule has 1 fully saturated rings. The minimum atomic E-state index is -0.570. The van der Waals surface area contributed by atoms with Crippen molar-refractivity contribution < 1.29 is 9.53 Å². The first-order valence-corrected chi connectivity index (χ1v) is 11.1. The van der Waals surface area contributed by atoms with Gasteiger partial charge in [0.25, 0.3) is 0 Å². The fourth-order valence-electron chi connectivity index (χ4n) is 3.55. The quantitative estimate of drug-likeness (QED) is 0.567. The molecular weight excluding hydrogens is 450 g/mol. The molecule has 1 aliphatic heterocycles. The number of benzene rings is 2. The molecular formula is C22H22BrN3O2S. The lowest BCUT2D eigenvalue weighted by Gasteiger charge is -2.36. The van der Waals surface area contributed by atoms with Crippen molar-refractivity contribution in [2.45, 2.75) is 28.3 Å². The number of aryl methyl sites for hydroxylation is 1. The molecule has 150 valence electrons. The molecule has 1 N–H and O–H groups in total. The van der Waals surface area contributed by atoms with Gasteiger partial charge in [0.05, 0.1) is 5.41 Å². The Labute approximate surface area is 183 Å². The van der Waals surface area contributed by atoms with Crippen molar-refractivity contribution in [3.63, 3.8) is 0 Å². The van der Waals surface area contributed by atoms with Crippen molar-refractivity contribution in [3.8, 4) is 0 Å². The molecule has 1 aromatic heterocycles. The third-order valence-corrected chi connectivity index (χ3v) is 6.89. The smallest absolute Gasteiger partial charge is 0.235 e. The Morgan fingerprint density at radius 3 is 2.45 bits per heavy atom. The summed E-state index contributed by atoms with van der Waals surface area (Å²) in [4.78, 5) is 18.8. The number of nitrogens with one attached hydrogen (secondary N) is 1. The summed E-state index contributed by atoms with van der Waals surface area (Å²) in [5, 5.41) is 4.06. The van der Waals surface area contributed by atoms with Gasteiger partial charge in [-0.25, -0.2) is 4.98 Å². The average Bonchev–Trinajstić information content (AvgIpc) is 3.15. The van der Waals surface area contributed by atoms with E-state index in [0.29, 0.717) is 26.1 Å². The molecule has 1 saturated heterocycles. The zero-order valence-electron chi connectivity index (χ0n) is 16.1. The van der Waals surface area contributed by atoms with Gasteiger partial charge in [-0.3, -0.25) is 4.79 Å². The minimum absolute atomic E-state index is 0.0210. The highest BCUT2D eigenvalue weighted by Crippen LogP contribution is 2.37. The number of anilines is 1. The van der Waals surface area contributed by atoms with Gasteiger partial charge < -0.3 is 14.6 Å². The molecule has 0 atom stereocenters. The van der Waals surface area contributed by atoms with Crippen molar-refractivity contribution in [3.05, 3.63) is 71.0 Å². The number of hydrogen-bond acceptors (Lipinski definition) is 4. The van der Waals surface area contributed by atoms with E-state index < -0.39 is 5.41 Å². The van der Waals surface area contributed by atoms with Crippen LogP contribution in [0.3, 0.4) is 0 Å². The summed E-state index contributed by atoms with van der Waals surface area (Å²) in [7, 11) is 1.97. The largest absolute Gasteiger partial charge is 0.381 e. The first-order chi connectivity index (χ1) is 14.1. The molecule has 29 heavy (non-hydrogen) atoms. The number of ether oxygens (including phenoxy) is 1. The van der Waals surface area contributed by atoms with Crippen LogP contribution in [0.2, 0.25) is 0 Å². The third kappa shape index (κ3) is 4.42. The molecule has 2 heterocycles. The second-order valence-electron chi connectivity index (χ2n) is 7.10. The van der Waals surface area contributed by atoms with Gasteiger partial charge in [-0.05, 0) is 54.8 Å². The molecule has 5 nitrogen and oxygen atoms in total. The van der Waals surface area contributed by atoms with Crippen LogP contribution in [-0.4, -0.2) is 28.7 Å². The maximum atomic E-state index is 13.4. The fourth-order valence-corrected chi connectivity index (χ4v) is 4.61. The fraction of sp³-hybridized carbons (Fsp3) is 0.273. The zero-order valence-corrected chi connectivity index (χ0v) is 18.5. The van der Waals surface area contributed by atoms with E-state index in [1.807, 2.05) is 66.3 Å². The van der Waals surface area contributed by atoms with Crippen molar-refractivity contribution in [1.82, 2.24) is 9.55 Å². The van der Waals surface area contributed by atoms with Crippen molar-refractivity contribution in [2.75, 3.05) is 18.5 Å². The van der Waals surface area contributed by atoms with E-state index in [0.717, 1.165) is 25.8 Å². The molecule has 0 spiro atoms. The Balaban J connectivity index is 1.51. The van der Waals surface area contributed by atoms with Gasteiger partial charge in [0.2, 0.25) is 5.91 Å². The molecule has 3 aromatic rings. The highest BCUT2D eigenvalue weighted by molar-refractivity contribution is 9.10. The van der Waals surface area contributed by atoms with Gasteiger partial charge in [0, 0.05) is 47.7 Å². The van der Waals surface area contributed by atoms with Crippen LogP contribution in [0.15, 0.2) is 75.4 Å². The van der Waals surface area contributed by atoms with E-state index in [9.17, 15) is 4.79 Å². The molecule has 4 rings (SSSR count). The Kier molecular flexibility index (Phi) is 6.08. The molecule has 0 radical (unpaired) electrons. The Bertz CT molecular complexity index is 980. The summed E-state index contributed by atoms with van der Waals surface area (Å²) >= 11 is 5.07. The van der Waals surface area contributed by atoms with Gasteiger partial charge >= 0.3 is 0 Å². The van der Waals surface area contributed by atoms with E-state index >= 15 is 0 Å². The van der Waals surface area contributed by atoms with Crippen LogP contribution >= 0.6 is 27.7 Å². The van der Waals surface area contributed by atoms with Crippen LogP contribution in [0, 0.1) is 0 Å². The van der Waals surface area contributed by atoms with Crippen LogP contribution in [-0.2, 0) is 22.0 Å². The van der Waals surface area contributed by atoms with E-state index in [1.54, 1.807) is 18.0 Å². The number of imidazole rings is 1. The molecule has 7 heteroatoms. The second kappa shape index (κ2) is 8.73. The van der Waals surface area contributed by atoms with E-state index in [2.05, 4.69) is 26.2 Å². The summed E-state index contributed by atoms with van der Waals surface area (Å²) in [6.07, 6.45) is 5.06. The molecule has 0 aliphatic carbocycles. The van der Waals surface area contributed by atoms with Crippen molar-refractivity contribution >= 4 is 39.3 Å². The highest BCUT2D eigenvalue weighted by Gasteiger charge is 2.41. The number of rotatable bonds is 5. The first-order valence-electron chi connectivity index (χ1n) is 9.47. The average molecular weight is 472 g/mol. The number of amides is 1. The van der Waals surface area contributed by atoms with Gasteiger partial charge in [-0.15, -0.1) is 0 Å². The topological polar surface area (TPSA) is 56.2 Å². The summed E-state index contributed by atoms with van der Waals surface area (Å²) in [6.45, 7) is 1.17. The summed E-state index contributed by atoms with van der Waals surface area (Å²) in [6, 6.07) is 15.9. The zero-order chi connectivity index (χ0) is 20.3. The lowest BCUT2D eigenvalue weighted by molar-refractivity contribution is -0.125. The molecule has 0 bridgehead atoms. The van der Waals surface area contributed by atoms with Crippen molar-refractivity contribution in [1.29, 1.82) is 0 Å². The van der Waals surface area contributed by atoms with E-state index in [-0.39, 0.29) is 5.91 Å². The molecule has 1 amide bonds. The van der Waals surface area contributed by atoms with Crippen LogP contribution in [0.25, 0.3) is 0 Å². The van der Waals surface area contributed by atoms with Crippen LogP contribution in [0.5, 0.6) is 0 Å². The number of aromatic nitrogens is 2. The Morgan fingerprint density at radius 1 is 1.14 bits per heavy atom. The maximum absolute atomic E-state index is 13.4. The lowest BCUT2D eigenvalue weighted by atomic mass is 9.73. The summed E-state index contributed by atoms with van der Waals surface area (Å²) in [5.74, 6) is 0.0210. The summed E-state index contributed by atoms with van der Waals surface area (Å²) < 4.78 is 8.53. The summed E-state index contributed by atoms with van der Waals surface area (Å²) in [5.41, 5.74) is 1.25. The van der Waals surface area contributed by atoms with Crippen LogP contribution < -0.4 is 5.32 Å². The molecule has 1 aliphatic rings. The van der Waals surface area contributed by atoms with Gasteiger partial charge in [0.15, 0.2) is 5.16 Å². The predicted molar refractivity (Wildman–Crippen MR) is 118 cm³/mol. The lowest BCUT2D eigenvalue weighted by Crippen LogP contribution is -2.44. The standard InChI is InChI=1S/C22H22BrN3O2S/c1-26-13-12-24-21(26)29-19-8-6-18(7-9-19)25-20(27)22(10-14-28-15-11-22)16-2-4-17(23)5-3-16/h2-9,12-13H,10-11,14-15H2,1H3,(H,25,27). The molecule has 2 aromatic carbocycles. The van der Waals surface area contributed by atoms with Gasteiger partial charge in [-0.2, -0.15) is 0 Å². The monoisotopic (exact) mass is 471 g/mol. The maximum Gasteiger partial charge on any atom is 0.235 e. The van der Waals surface area contributed by atoms with Crippen molar-refractivity contribution in [2.24, 2.45) is 7.05 Å². The molecule has 0 unspecified atom stereocenters. The highest BCUT2D eigenvalue weighted by atomic mass is 79.9. The van der Waals surface area contributed by atoms with Crippen LogP contribution in [0.1, 0.15) is 18.4 Å². The second-order valence-corrected chi connectivity index (χ2v) is 9.06. The van der Waals surface area contributed by atoms with E-state index in [4.69, 9.17) is 4.74 Å². The van der Waals surface area contributed by atoms with Gasteiger partial charge in [0.1, 0.15) is 0 Å².